The molecule has 1 nitrogen and oxygen atoms in total. The summed E-state index contributed by atoms with van der Waals surface area (Å²) in [7, 11) is 0. The molecule has 0 aliphatic rings. The molecule has 1 unspecified atom stereocenters. The molecule has 2 aromatic rings. The largest absolute Gasteiger partial charge is 0.388 e. The average molecular weight is 303 g/mol. The fourth-order valence-electron chi connectivity index (χ4n) is 1.38. The second-order valence-electron chi connectivity index (χ2n) is 3.28. The van der Waals surface area contributed by atoms with Gasteiger partial charge in [-0.05, 0) is 52.4 Å². The molecule has 15 heavy (non-hydrogen) atoms. The highest BCUT2D eigenvalue weighted by Crippen LogP contribution is 2.29. The van der Waals surface area contributed by atoms with Crippen molar-refractivity contribution in [3.63, 3.8) is 0 Å². The van der Waals surface area contributed by atoms with Gasteiger partial charge < -0.3 is 5.11 Å². The van der Waals surface area contributed by atoms with E-state index in [2.05, 4.69) is 27.4 Å². The Kier molecular flexibility index (Phi) is 3.97. The molecule has 0 aromatic carbocycles. The Hall–Kier alpha value is -0.160. The Morgan fingerprint density at radius 3 is 2.80 bits per heavy atom. The summed E-state index contributed by atoms with van der Waals surface area (Å²) in [4.78, 5) is 2.38. The molecule has 0 aliphatic carbocycles. The highest BCUT2D eigenvalue weighted by atomic mass is 79.9. The standard InChI is InChI=1S/C11H11BrOS2/c12-11-6-5-10(15-11)9(13)4-3-8-2-1-7-14-8/h1-2,5-7,9,13H,3-4H2. The van der Waals surface area contributed by atoms with Crippen LogP contribution in [0.25, 0.3) is 0 Å². The average Bonchev–Trinajstić information content (AvgIpc) is 2.84. The van der Waals surface area contributed by atoms with Crippen molar-refractivity contribution >= 4 is 38.6 Å². The van der Waals surface area contributed by atoms with Crippen molar-refractivity contribution in [2.24, 2.45) is 0 Å². The molecule has 2 aromatic heterocycles. The fourth-order valence-corrected chi connectivity index (χ4v) is 3.55. The molecule has 0 bridgehead atoms. The maximum atomic E-state index is 9.93. The highest BCUT2D eigenvalue weighted by Gasteiger charge is 2.10. The van der Waals surface area contributed by atoms with Gasteiger partial charge in [-0.2, -0.15) is 0 Å². The van der Waals surface area contributed by atoms with Crippen LogP contribution in [0, 0.1) is 0 Å². The lowest BCUT2D eigenvalue weighted by Crippen LogP contribution is -1.95. The maximum Gasteiger partial charge on any atom is 0.0885 e. The van der Waals surface area contributed by atoms with Crippen LogP contribution < -0.4 is 0 Å². The van der Waals surface area contributed by atoms with Gasteiger partial charge in [0.1, 0.15) is 0 Å². The van der Waals surface area contributed by atoms with Gasteiger partial charge in [0.25, 0.3) is 0 Å². The van der Waals surface area contributed by atoms with Gasteiger partial charge >= 0.3 is 0 Å². The quantitative estimate of drug-likeness (QED) is 0.896. The normalized spacial score (nSPS) is 12.9. The van der Waals surface area contributed by atoms with Crippen LogP contribution in [0.4, 0.5) is 0 Å². The van der Waals surface area contributed by atoms with E-state index in [1.165, 1.54) is 4.88 Å². The van der Waals surface area contributed by atoms with E-state index in [0.29, 0.717) is 0 Å². The summed E-state index contributed by atoms with van der Waals surface area (Å²) in [6.45, 7) is 0. The molecular weight excluding hydrogens is 292 g/mol. The van der Waals surface area contributed by atoms with Crippen molar-refractivity contribution in [2.75, 3.05) is 0 Å². The second kappa shape index (κ2) is 5.25. The highest BCUT2D eigenvalue weighted by molar-refractivity contribution is 9.11. The zero-order valence-corrected chi connectivity index (χ0v) is 11.2. The summed E-state index contributed by atoms with van der Waals surface area (Å²) in [6, 6.07) is 8.12. The van der Waals surface area contributed by atoms with E-state index in [1.807, 2.05) is 18.2 Å². The smallest absolute Gasteiger partial charge is 0.0885 e. The van der Waals surface area contributed by atoms with Gasteiger partial charge in [0, 0.05) is 9.75 Å². The van der Waals surface area contributed by atoms with Crippen molar-refractivity contribution in [1.82, 2.24) is 0 Å². The van der Waals surface area contributed by atoms with Gasteiger partial charge in [0.2, 0.25) is 0 Å². The van der Waals surface area contributed by atoms with E-state index in [9.17, 15) is 5.11 Å². The molecule has 0 aliphatic heterocycles. The number of thiophene rings is 2. The molecule has 2 heterocycles. The van der Waals surface area contributed by atoms with Crippen LogP contribution in [-0.2, 0) is 6.42 Å². The Balaban J connectivity index is 1.90. The molecule has 1 N–H and O–H groups in total. The number of aliphatic hydroxyl groups is 1. The van der Waals surface area contributed by atoms with Gasteiger partial charge in [-0.15, -0.1) is 22.7 Å². The summed E-state index contributed by atoms with van der Waals surface area (Å²) >= 11 is 6.75. The summed E-state index contributed by atoms with van der Waals surface area (Å²) < 4.78 is 1.08. The van der Waals surface area contributed by atoms with Crippen molar-refractivity contribution < 1.29 is 5.11 Å². The molecule has 0 amide bonds. The number of aryl methyl sites for hydroxylation is 1. The zero-order valence-electron chi connectivity index (χ0n) is 8.02. The van der Waals surface area contributed by atoms with E-state index in [0.717, 1.165) is 21.5 Å². The van der Waals surface area contributed by atoms with E-state index >= 15 is 0 Å². The van der Waals surface area contributed by atoms with Gasteiger partial charge in [-0.25, -0.2) is 0 Å². The van der Waals surface area contributed by atoms with Crippen molar-refractivity contribution in [2.45, 2.75) is 18.9 Å². The van der Waals surface area contributed by atoms with Crippen molar-refractivity contribution in [3.05, 3.63) is 43.2 Å². The predicted octanol–water partition coefficient (Wildman–Crippen LogP) is 4.24. The SMILES string of the molecule is OC(CCc1cccs1)c1ccc(Br)s1. The number of rotatable bonds is 4. The van der Waals surface area contributed by atoms with Crippen molar-refractivity contribution in [1.29, 1.82) is 0 Å². The topological polar surface area (TPSA) is 20.2 Å². The number of hydrogen-bond donors (Lipinski definition) is 1. The monoisotopic (exact) mass is 302 g/mol. The molecule has 0 radical (unpaired) electrons. The van der Waals surface area contributed by atoms with Crippen LogP contribution in [0.1, 0.15) is 22.3 Å². The predicted molar refractivity (Wildman–Crippen MR) is 69.6 cm³/mol. The van der Waals surface area contributed by atoms with Crippen LogP contribution in [0.15, 0.2) is 33.4 Å². The third-order valence-corrected chi connectivity index (χ3v) is 4.83. The van der Waals surface area contributed by atoms with E-state index in [-0.39, 0.29) is 6.10 Å². The fraction of sp³-hybridized carbons (Fsp3) is 0.273. The summed E-state index contributed by atoms with van der Waals surface area (Å²) in [5, 5.41) is 12.0. The van der Waals surface area contributed by atoms with Gasteiger partial charge in [0.15, 0.2) is 0 Å². The Labute approximate surface area is 106 Å². The summed E-state index contributed by atoms with van der Waals surface area (Å²) in [5.41, 5.74) is 0. The maximum absolute atomic E-state index is 9.93. The van der Waals surface area contributed by atoms with Gasteiger partial charge in [0.05, 0.1) is 9.89 Å². The van der Waals surface area contributed by atoms with Crippen LogP contribution in [0.2, 0.25) is 0 Å². The molecule has 4 heteroatoms. The lowest BCUT2D eigenvalue weighted by Gasteiger charge is -2.06. The van der Waals surface area contributed by atoms with Crippen LogP contribution in [0.5, 0.6) is 0 Å². The first-order chi connectivity index (χ1) is 7.25. The Morgan fingerprint density at radius 2 is 2.20 bits per heavy atom. The molecular formula is C11H11BrOS2. The molecule has 0 saturated carbocycles. The third-order valence-electron chi connectivity index (χ3n) is 2.17. The molecule has 0 saturated heterocycles. The minimum absolute atomic E-state index is 0.330. The van der Waals surface area contributed by atoms with Crippen LogP contribution in [0.3, 0.4) is 0 Å². The van der Waals surface area contributed by atoms with Crippen molar-refractivity contribution in [3.8, 4) is 0 Å². The number of halogens is 1. The first-order valence-corrected chi connectivity index (χ1v) is 7.20. The molecule has 0 spiro atoms. The molecule has 80 valence electrons. The minimum Gasteiger partial charge on any atom is -0.388 e. The summed E-state index contributed by atoms with van der Waals surface area (Å²) in [6.07, 6.45) is 1.42. The molecule has 2 rings (SSSR count). The molecule has 0 fully saturated rings. The molecule has 1 atom stereocenters. The lowest BCUT2D eigenvalue weighted by atomic mass is 10.1. The van der Waals surface area contributed by atoms with Gasteiger partial charge in [-0.3, -0.25) is 0 Å². The van der Waals surface area contributed by atoms with Gasteiger partial charge in [-0.1, -0.05) is 6.07 Å². The van der Waals surface area contributed by atoms with E-state index < -0.39 is 0 Å². The second-order valence-corrected chi connectivity index (χ2v) is 6.80. The first-order valence-electron chi connectivity index (χ1n) is 4.71. The van der Waals surface area contributed by atoms with Crippen LogP contribution >= 0.6 is 38.6 Å². The van der Waals surface area contributed by atoms with Crippen LogP contribution in [-0.4, -0.2) is 5.11 Å². The van der Waals surface area contributed by atoms with E-state index in [4.69, 9.17) is 0 Å². The van der Waals surface area contributed by atoms with E-state index in [1.54, 1.807) is 22.7 Å². The zero-order chi connectivity index (χ0) is 10.7. The lowest BCUT2D eigenvalue weighted by molar-refractivity contribution is 0.172. The first kappa shape index (κ1) is 11.3. The third kappa shape index (κ3) is 3.14. The minimum atomic E-state index is -0.330. The Bertz CT molecular complexity index is 408. The number of aliphatic hydroxyl groups excluding tert-OH is 1. The summed E-state index contributed by atoms with van der Waals surface area (Å²) in [5.74, 6) is 0. The Morgan fingerprint density at radius 1 is 1.33 bits per heavy atom. The number of hydrogen-bond acceptors (Lipinski definition) is 3.